The standard InChI is InChI=1S/C10H13ClN2O/c1-7-12-9(11)6-10(13-7)14-8-4-2-3-5-8/h6,8H,2-5H2,1H3. The Kier molecular flexibility index (Phi) is 2.87. The third-order valence-corrected chi connectivity index (χ3v) is 2.57. The molecular weight excluding hydrogens is 200 g/mol. The maximum absolute atomic E-state index is 5.80. The summed E-state index contributed by atoms with van der Waals surface area (Å²) in [6.07, 6.45) is 5.08. The molecule has 1 aromatic heterocycles. The smallest absolute Gasteiger partial charge is 0.218 e. The van der Waals surface area contributed by atoms with Gasteiger partial charge in [-0.15, -0.1) is 0 Å². The van der Waals surface area contributed by atoms with Crippen LogP contribution in [0.25, 0.3) is 0 Å². The molecule has 1 heterocycles. The van der Waals surface area contributed by atoms with E-state index in [1.807, 2.05) is 6.92 Å². The molecular formula is C10H13ClN2O. The van der Waals surface area contributed by atoms with Crippen LogP contribution in [0.5, 0.6) is 5.88 Å². The molecule has 0 saturated heterocycles. The third kappa shape index (κ3) is 2.35. The zero-order valence-corrected chi connectivity index (χ0v) is 8.92. The molecule has 0 aliphatic heterocycles. The van der Waals surface area contributed by atoms with Crippen LogP contribution in [0.3, 0.4) is 0 Å². The van der Waals surface area contributed by atoms with Gasteiger partial charge in [-0.05, 0) is 32.6 Å². The molecule has 2 rings (SSSR count). The van der Waals surface area contributed by atoms with Crippen molar-refractivity contribution in [3.05, 3.63) is 17.0 Å². The molecule has 1 aromatic rings. The quantitative estimate of drug-likeness (QED) is 0.708. The largest absolute Gasteiger partial charge is 0.474 e. The zero-order chi connectivity index (χ0) is 9.97. The van der Waals surface area contributed by atoms with Crippen molar-refractivity contribution in [2.75, 3.05) is 0 Å². The summed E-state index contributed by atoms with van der Waals surface area (Å²) in [4.78, 5) is 8.16. The topological polar surface area (TPSA) is 35.0 Å². The summed E-state index contributed by atoms with van der Waals surface area (Å²) in [5, 5.41) is 0.450. The fourth-order valence-electron chi connectivity index (χ4n) is 1.74. The Labute approximate surface area is 88.5 Å². The lowest BCUT2D eigenvalue weighted by molar-refractivity contribution is 0.200. The summed E-state index contributed by atoms with van der Waals surface area (Å²) in [6.45, 7) is 1.81. The average Bonchev–Trinajstić information content (AvgIpc) is 2.54. The third-order valence-electron chi connectivity index (χ3n) is 2.37. The highest BCUT2D eigenvalue weighted by atomic mass is 35.5. The number of halogens is 1. The summed E-state index contributed by atoms with van der Waals surface area (Å²) in [5.41, 5.74) is 0. The maximum atomic E-state index is 5.80. The molecule has 1 aliphatic rings. The fourth-order valence-corrected chi connectivity index (χ4v) is 1.96. The van der Waals surface area contributed by atoms with Gasteiger partial charge >= 0.3 is 0 Å². The molecule has 0 N–H and O–H groups in total. The van der Waals surface area contributed by atoms with E-state index in [4.69, 9.17) is 16.3 Å². The van der Waals surface area contributed by atoms with Crippen molar-refractivity contribution in [1.29, 1.82) is 0 Å². The van der Waals surface area contributed by atoms with Crippen LogP contribution in [0.4, 0.5) is 0 Å². The van der Waals surface area contributed by atoms with E-state index in [2.05, 4.69) is 9.97 Å². The van der Waals surface area contributed by atoms with Gasteiger partial charge in [0, 0.05) is 6.07 Å². The Hall–Kier alpha value is -0.830. The number of aryl methyl sites for hydroxylation is 1. The summed E-state index contributed by atoms with van der Waals surface area (Å²) < 4.78 is 5.70. The molecule has 3 nitrogen and oxygen atoms in total. The van der Waals surface area contributed by atoms with E-state index < -0.39 is 0 Å². The fraction of sp³-hybridized carbons (Fsp3) is 0.600. The highest BCUT2D eigenvalue weighted by molar-refractivity contribution is 6.29. The van der Waals surface area contributed by atoms with Gasteiger partial charge in [0.2, 0.25) is 5.88 Å². The first-order valence-corrected chi connectivity index (χ1v) is 5.30. The van der Waals surface area contributed by atoms with Crippen molar-refractivity contribution in [2.24, 2.45) is 0 Å². The van der Waals surface area contributed by atoms with Crippen LogP contribution < -0.4 is 4.74 Å². The van der Waals surface area contributed by atoms with Crippen molar-refractivity contribution < 1.29 is 4.74 Å². The van der Waals surface area contributed by atoms with Gasteiger partial charge in [-0.25, -0.2) is 4.98 Å². The lowest BCUT2D eigenvalue weighted by Crippen LogP contribution is -2.12. The summed E-state index contributed by atoms with van der Waals surface area (Å²) >= 11 is 5.80. The minimum atomic E-state index is 0.320. The molecule has 14 heavy (non-hydrogen) atoms. The molecule has 0 radical (unpaired) electrons. The molecule has 4 heteroatoms. The predicted molar refractivity (Wildman–Crippen MR) is 54.7 cm³/mol. The van der Waals surface area contributed by atoms with Gasteiger partial charge < -0.3 is 4.74 Å². The van der Waals surface area contributed by atoms with Crippen LogP contribution in [0.15, 0.2) is 6.07 Å². The van der Waals surface area contributed by atoms with Gasteiger partial charge in [0.15, 0.2) is 0 Å². The first-order chi connectivity index (χ1) is 6.74. The number of rotatable bonds is 2. The Bertz CT molecular complexity index is 304. The Morgan fingerprint density at radius 2 is 2.07 bits per heavy atom. The lowest BCUT2D eigenvalue weighted by atomic mass is 10.3. The van der Waals surface area contributed by atoms with Crippen molar-refractivity contribution in [3.8, 4) is 5.88 Å². The van der Waals surface area contributed by atoms with E-state index in [1.54, 1.807) is 6.07 Å². The van der Waals surface area contributed by atoms with Crippen LogP contribution in [-0.4, -0.2) is 16.1 Å². The average molecular weight is 213 g/mol. The van der Waals surface area contributed by atoms with E-state index in [1.165, 1.54) is 12.8 Å². The van der Waals surface area contributed by atoms with Crippen LogP contribution in [0.2, 0.25) is 5.15 Å². The highest BCUT2D eigenvalue weighted by Gasteiger charge is 2.17. The van der Waals surface area contributed by atoms with Gasteiger partial charge in [-0.3, -0.25) is 0 Å². The zero-order valence-electron chi connectivity index (χ0n) is 8.16. The lowest BCUT2D eigenvalue weighted by Gasteiger charge is -2.11. The van der Waals surface area contributed by atoms with Gasteiger partial charge in [0.25, 0.3) is 0 Å². The second kappa shape index (κ2) is 4.13. The molecule has 0 amide bonds. The van der Waals surface area contributed by atoms with Gasteiger partial charge in [-0.1, -0.05) is 11.6 Å². The van der Waals surface area contributed by atoms with Gasteiger partial charge in [-0.2, -0.15) is 4.98 Å². The number of nitrogens with zero attached hydrogens (tertiary/aromatic N) is 2. The molecule has 1 saturated carbocycles. The monoisotopic (exact) mass is 212 g/mol. The first-order valence-electron chi connectivity index (χ1n) is 4.92. The molecule has 0 atom stereocenters. The second-order valence-corrected chi connectivity index (χ2v) is 3.99. The Morgan fingerprint density at radius 3 is 2.71 bits per heavy atom. The van der Waals surface area contributed by atoms with Crippen molar-refractivity contribution in [2.45, 2.75) is 38.7 Å². The van der Waals surface area contributed by atoms with Gasteiger partial charge in [0.1, 0.15) is 17.1 Å². The van der Waals surface area contributed by atoms with E-state index in [-0.39, 0.29) is 0 Å². The minimum absolute atomic E-state index is 0.320. The van der Waals surface area contributed by atoms with Crippen LogP contribution in [0.1, 0.15) is 31.5 Å². The van der Waals surface area contributed by atoms with Gasteiger partial charge in [0.05, 0.1) is 0 Å². The van der Waals surface area contributed by atoms with E-state index >= 15 is 0 Å². The second-order valence-electron chi connectivity index (χ2n) is 3.60. The SMILES string of the molecule is Cc1nc(Cl)cc(OC2CCCC2)n1. The Morgan fingerprint density at radius 1 is 1.36 bits per heavy atom. The maximum Gasteiger partial charge on any atom is 0.218 e. The molecule has 0 spiro atoms. The van der Waals surface area contributed by atoms with Crippen LogP contribution >= 0.6 is 11.6 Å². The molecule has 1 aliphatic carbocycles. The molecule has 0 unspecified atom stereocenters. The molecule has 76 valence electrons. The van der Waals surface area contributed by atoms with Crippen molar-refractivity contribution >= 4 is 11.6 Å². The highest BCUT2D eigenvalue weighted by Crippen LogP contribution is 2.23. The van der Waals surface area contributed by atoms with Crippen molar-refractivity contribution in [1.82, 2.24) is 9.97 Å². The van der Waals surface area contributed by atoms with Crippen LogP contribution in [-0.2, 0) is 0 Å². The summed E-state index contributed by atoms with van der Waals surface area (Å²) in [7, 11) is 0. The molecule has 0 bridgehead atoms. The molecule has 0 aromatic carbocycles. The van der Waals surface area contributed by atoms with E-state index in [9.17, 15) is 0 Å². The Balaban J connectivity index is 2.07. The van der Waals surface area contributed by atoms with E-state index in [0.29, 0.717) is 23.0 Å². The number of hydrogen-bond acceptors (Lipinski definition) is 3. The van der Waals surface area contributed by atoms with Crippen molar-refractivity contribution in [3.63, 3.8) is 0 Å². The predicted octanol–water partition coefficient (Wildman–Crippen LogP) is 2.76. The minimum Gasteiger partial charge on any atom is -0.474 e. The molecule has 1 fully saturated rings. The number of aromatic nitrogens is 2. The number of hydrogen-bond donors (Lipinski definition) is 0. The summed E-state index contributed by atoms with van der Waals surface area (Å²) in [5.74, 6) is 1.26. The first kappa shape index (κ1) is 9.71. The summed E-state index contributed by atoms with van der Waals surface area (Å²) in [6, 6.07) is 1.67. The van der Waals surface area contributed by atoms with Crippen LogP contribution in [0, 0.1) is 6.92 Å². The number of ether oxygens (including phenoxy) is 1. The van der Waals surface area contributed by atoms with E-state index in [0.717, 1.165) is 12.8 Å². The normalized spacial score (nSPS) is 17.3.